The molecule has 0 fully saturated rings. The first-order chi connectivity index (χ1) is 11.2. The summed E-state index contributed by atoms with van der Waals surface area (Å²) >= 11 is 3.43. The summed E-state index contributed by atoms with van der Waals surface area (Å²) in [4.78, 5) is 3.91. The molecule has 7 heteroatoms. The van der Waals surface area contributed by atoms with Crippen molar-refractivity contribution in [2.75, 3.05) is 5.43 Å². The number of benzene rings is 1. The van der Waals surface area contributed by atoms with Crippen molar-refractivity contribution in [1.29, 1.82) is 5.26 Å². The first-order valence-corrected chi connectivity index (χ1v) is 7.47. The molecule has 0 atom stereocenters. The Kier molecular flexibility index (Phi) is 4.26. The van der Waals surface area contributed by atoms with Gasteiger partial charge in [0.1, 0.15) is 17.6 Å². The Labute approximate surface area is 140 Å². The molecule has 0 saturated carbocycles. The minimum Gasteiger partial charge on any atom is -0.455 e. The second kappa shape index (κ2) is 6.50. The number of oxazole rings is 1. The summed E-state index contributed by atoms with van der Waals surface area (Å²) < 4.78 is 11.9. The van der Waals surface area contributed by atoms with Crippen molar-refractivity contribution in [3.8, 4) is 17.4 Å². The minimum atomic E-state index is 0.161. The van der Waals surface area contributed by atoms with Gasteiger partial charge in [-0.15, -0.1) is 0 Å². The van der Waals surface area contributed by atoms with E-state index in [1.54, 1.807) is 13.0 Å². The van der Waals surface area contributed by atoms with Crippen LogP contribution >= 0.6 is 15.9 Å². The number of hydrogen-bond acceptors (Lipinski definition) is 6. The van der Waals surface area contributed by atoms with E-state index in [0.717, 1.165) is 15.8 Å². The van der Waals surface area contributed by atoms with Crippen LogP contribution in [0.15, 0.2) is 54.8 Å². The Morgan fingerprint density at radius 1 is 1.30 bits per heavy atom. The number of nitrogens with one attached hydrogen (secondary N) is 1. The summed E-state index contributed by atoms with van der Waals surface area (Å²) in [6, 6.07) is 13.4. The number of aryl methyl sites for hydroxylation is 1. The average molecular weight is 371 g/mol. The summed E-state index contributed by atoms with van der Waals surface area (Å²) in [5.74, 6) is 1.91. The number of halogens is 1. The molecule has 3 aromatic rings. The fraction of sp³-hybridized carbons (Fsp3) is 0.0625. The minimum absolute atomic E-state index is 0.161. The molecule has 0 saturated heterocycles. The van der Waals surface area contributed by atoms with E-state index in [1.807, 2.05) is 36.4 Å². The number of anilines is 1. The van der Waals surface area contributed by atoms with Gasteiger partial charge in [-0.05, 0) is 24.3 Å². The molecule has 6 nitrogen and oxygen atoms in total. The third-order valence-electron chi connectivity index (χ3n) is 2.93. The van der Waals surface area contributed by atoms with Crippen molar-refractivity contribution in [2.24, 2.45) is 5.10 Å². The highest BCUT2D eigenvalue weighted by Crippen LogP contribution is 2.24. The van der Waals surface area contributed by atoms with Gasteiger partial charge in [-0.3, -0.25) is 0 Å². The molecule has 0 aliphatic heterocycles. The maximum absolute atomic E-state index is 8.91. The van der Waals surface area contributed by atoms with E-state index >= 15 is 0 Å². The van der Waals surface area contributed by atoms with E-state index < -0.39 is 0 Å². The van der Waals surface area contributed by atoms with E-state index in [2.05, 4.69) is 31.4 Å². The second-order valence-corrected chi connectivity index (χ2v) is 5.52. The molecule has 0 unspecified atom stereocenters. The summed E-state index contributed by atoms with van der Waals surface area (Å²) in [5.41, 5.74) is 3.77. The molecule has 0 amide bonds. The maximum Gasteiger partial charge on any atom is 0.252 e. The molecule has 0 aliphatic carbocycles. The van der Waals surface area contributed by atoms with Gasteiger partial charge in [-0.25, -0.2) is 10.4 Å². The lowest BCUT2D eigenvalue weighted by atomic mass is 10.2. The van der Waals surface area contributed by atoms with Crippen molar-refractivity contribution in [2.45, 2.75) is 6.92 Å². The molecule has 0 radical (unpaired) electrons. The second-order valence-electron chi connectivity index (χ2n) is 4.60. The lowest BCUT2D eigenvalue weighted by molar-refractivity contribution is 0.533. The molecule has 0 bridgehead atoms. The van der Waals surface area contributed by atoms with E-state index in [9.17, 15) is 0 Å². The zero-order valence-corrected chi connectivity index (χ0v) is 13.7. The molecule has 3 rings (SSSR count). The fourth-order valence-electron chi connectivity index (χ4n) is 1.95. The number of nitriles is 1. The van der Waals surface area contributed by atoms with Gasteiger partial charge in [0, 0.05) is 17.0 Å². The summed E-state index contributed by atoms with van der Waals surface area (Å²) in [6.07, 6.45) is 1.50. The van der Waals surface area contributed by atoms with Crippen LogP contribution in [0.4, 0.5) is 5.88 Å². The van der Waals surface area contributed by atoms with E-state index in [4.69, 9.17) is 14.1 Å². The quantitative estimate of drug-likeness (QED) is 0.545. The lowest BCUT2D eigenvalue weighted by Gasteiger charge is -1.97. The largest absolute Gasteiger partial charge is 0.455 e. The predicted octanol–water partition coefficient (Wildman–Crippen LogP) is 4.32. The van der Waals surface area contributed by atoms with Crippen LogP contribution in [-0.2, 0) is 0 Å². The SMILES string of the molecule is Cc1nc(C#N)c(N/N=C/c2ccc(-c3cccc(Br)c3)o2)o1. The van der Waals surface area contributed by atoms with Crippen LogP contribution in [0, 0.1) is 18.3 Å². The van der Waals surface area contributed by atoms with Gasteiger partial charge in [0.05, 0.1) is 6.21 Å². The molecule has 114 valence electrons. The van der Waals surface area contributed by atoms with Gasteiger partial charge < -0.3 is 8.83 Å². The smallest absolute Gasteiger partial charge is 0.252 e. The first-order valence-electron chi connectivity index (χ1n) is 6.68. The monoisotopic (exact) mass is 370 g/mol. The van der Waals surface area contributed by atoms with Crippen LogP contribution < -0.4 is 5.43 Å². The zero-order chi connectivity index (χ0) is 16.2. The molecule has 0 spiro atoms. The van der Waals surface area contributed by atoms with Crippen LogP contribution in [0.25, 0.3) is 11.3 Å². The van der Waals surface area contributed by atoms with Crippen molar-refractivity contribution < 1.29 is 8.83 Å². The lowest BCUT2D eigenvalue weighted by Crippen LogP contribution is -1.90. The topological polar surface area (TPSA) is 87.4 Å². The highest BCUT2D eigenvalue weighted by molar-refractivity contribution is 9.10. The van der Waals surface area contributed by atoms with Gasteiger partial charge in [0.2, 0.25) is 5.69 Å². The van der Waals surface area contributed by atoms with E-state index in [-0.39, 0.29) is 11.6 Å². The molecule has 2 aromatic heterocycles. The predicted molar refractivity (Wildman–Crippen MR) is 89.0 cm³/mol. The number of hydrogen-bond donors (Lipinski definition) is 1. The Morgan fingerprint density at radius 3 is 2.96 bits per heavy atom. The number of aromatic nitrogens is 1. The fourth-order valence-corrected chi connectivity index (χ4v) is 2.35. The normalized spacial score (nSPS) is 10.8. The number of nitrogens with zero attached hydrogens (tertiary/aromatic N) is 3. The van der Waals surface area contributed by atoms with E-state index in [0.29, 0.717) is 11.7 Å². The Bertz CT molecular complexity index is 905. The van der Waals surface area contributed by atoms with Gasteiger partial charge in [-0.1, -0.05) is 28.1 Å². The molecule has 1 aromatic carbocycles. The van der Waals surface area contributed by atoms with Crippen LogP contribution in [0.2, 0.25) is 0 Å². The average Bonchev–Trinajstić information content (AvgIpc) is 3.14. The summed E-state index contributed by atoms with van der Waals surface area (Å²) in [6.45, 7) is 1.66. The van der Waals surface area contributed by atoms with Gasteiger partial charge in [0.15, 0.2) is 5.89 Å². The van der Waals surface area contributed by atoms with Crippen LogP contribution in [-0.4, -0.2) is 11.2 Å². The highest BCUT2D eigenvalue weighted by atomic mass is 79.9. The highest BCUT2D eigenvalue weighted by Gasteiger charge is 2.09. The van der Waals surface area contributed by atoms with Crippen LogP contribution in [0.1, 0.15) is 17.3 Å². The van der Waals surface area contributed by atoms with Crippen molar-refractivity contribution in [1.82, 2.24) is 4.98 Å². The first kappa shape index (κ1) is 15.1. The van der Waals surface area contributed by atoms with Crippen molar-refractivity contribution in [3.63, 3.8) is 0 Å². The summed E-state index contributed by atoms with van der Waals surface area (Å²) in [7, 11) is 0. The van der Waals surface area contributed by atoms with Gasteiger partial charge in [-0.2, -0.15) is 10.4 Å². The van der Waals surface area contributed by atoms with Crippen LogP contribution in [0.5, 0.6) is 0 Å². The van der Waals surface area contributed by atoms with Crippen molar-refractivity contribution in [3.05, 3.63) is 58.2 Å². The van der Waals surface area contributed by atoms with Crippen LogP contribution in [0.3, 0.4) is 0 Å². The number of hydrazone groups is 1. The molecular formula is C16H11BrN4O2. The third-order valence-corrected chi connectivity index (χ3v) is 3.43. The Hall–Kier alpha value is -2.85. The maximum atomic E-state index is 8.91. The third kappa shape index (κ3) is 3.49. The Morgan fingerprint density at radius 2 is 2.17 bits per heavy atom. The summed E-state index contributed by atoms with van der Waals surface area (Å²) in [5, 5.41) is 12.9. The molecule has 23 heavy (non-hydrogen) atoms. The Balaban J connectivity index is 1.73. The standard InChI is InChI=1S/C16H11BrN4O2/c1-10-20-14(8-18)16(22-10)21-19-9-13-5-6-15(23-13)11-3-2-4-12(17)7-11/h2-7,9,21H,1H3/b19-9+. The number of furan rings is 1. The van der Waals surface area contributed by atoms with E-state index in [1.165, 1.54) is 6.21 Å². The van der Waals surface area contributed by atoms with Crippen molar-refractivity contribution >= 4 is 28.0 Å². The molecule has 2 heterocycles. The molecule has 0 aliphatic rings. The van der Waals surface area contributed by atoms with Gasteiger partial charge >= 0.3 is 0 Å². The number of rotatable bonds is 4. The zero-order valence-electron chi connectivity index (χ0n) is 12.1. The molecular weight excluding hydrogens is 360 g/mol. The van der Waals surface area contributed by atoms with Gasteiger partial charge in [0.25, 0.3) is 5.88 Å². The molecule has 1 N–H and O–H groups in total.